The number of halogens is 3. The Morgan fingerprint density at radius 1 is 1.08 bits per heavy atom. The van der Waals surface area contributed by atoms with Gasteiger partial charge in [-0.25, -0.2) is 4.79 Å². The highest BCUT2D eigenvalue weighted by atomic mass is 35.5. The van der Waals surface area contributed by atoms with Gasteiger partial charge in [-0.3, -0.25) is 0 Å². The molecule has 1 aliphatic rings. The molecule has 2 aromatic carbocycles. The monoisotopic (exact) mass is 377 g/mol. The van der Waals surface area contributed by atoms with Crippen LogP contribution in [-0.2, 0) is 0 Å². The van der Waals surface area contributed by atoms with Gasteiger partial charge in [0.25, 0.3) is 0 Å². The van der Waals surface area contributed by atoms with Crippen LogP contribution in [0.3, 0.4) is 0 Å². The lowest BCUT2D eigenvalue weighted by molar-refractivity contribution is -0.286. The van der Waals surface area contributed by atoms with E-state index >= 15 is 0 Å². The summed E-state index contributed by atoms with van der Waals surface area (Å²) in [4.78, 5) is 12.3. The van der Waals surface area contributed by atoms with Gasteiger partial charge in [-0.2, -0.15) is 9.78 Å². The van der Waals surface area contributed by atoms with Gasteiger partial charge >= 0.3 is 12.3 Å². The van der Waals surface area contributed by atoms with Crippen molar-refractivity contribution in [3.8, 4) is 22.6 Å². The largest absolute Gasteiger partial charge is 0.586 e. The highest BCUT2D eigenvalue weighted by Crippen LogP contribution is 2.42. The minimum atomic E-state index is -3.71. The number of hydrogen-bond acceptors (Lipinski definition) is 4. The number of carbonyl (C=O) groups excluding carboxylic acids is 1. The van der Waals surface area contributed by atoms with Crippen LogP contribution in [0.4, 0.5) is 19.3 Å². The van der Waals surface area contributed by atoms with Crippen molar-refractivity contribution in [2.75, 3.05) is 5.32 Å². The van der Waals surface area contributed by atoms with E-state index in [1.165, 1.54) is 24.4 Å². The second kappa shape index (κ2) is 5.99. The molecule has 0 saturated heterocycles. The first-order valence-electron chi connectivity index (χ1n) is 7.41. The van der Waals surface area contributed by atoms with Crippen molar-refractivity contribution in [1.82, 2.24) is 9.78 Å². The lowest BCUT2D eigenvalue weighted by Gasteiger charge is -2.05. The Bertz CT molecular complexity index is 989. The molecule has 1 aromatic heterocycles. The van der Waals surface area contributed by atoms with E-state index in [9.17, 15) is 13.6 Å². The molecular formula is C17H10ClF2N3O3. The highest BCUT2D eigenvalue weighted by Gasteiger charge is 2.43. The molecule has 6 nitrogen and oxygen atoms in total. The third kappa shape index (κ3) is 3.18. The average Bonchev–Trinajstić information content (AvgIpc) is 3.18. The Hall–Kier alpha value is -3.13. The van der Waals surface area contributed by atoms with Gasteiger partial charge < -0.3 is 14.8 Å². The van der Waals surface area contributed by atoms with E-state index in [1.807, 2.05) is 0 Å². The third-order valence-electron chi connectivity index (χ3n) is 3.62. The summed E-state index contributed by atoms with van der Waals surface area (Å²) in [5.41, 5.74) is 1.83. The molecule has 9 heteroatoms. The number of carbonyl (C=O) groups is 1. The van der Waals surface area contributed by atoms with Crippen molar-refractivity contribution in [1.29, 1.82) is 0 Å². The van der Waals surface area contributed by atoms with Crippen LogP contribution in [0, 0.1) is 0 Å². The molecule has 1 amide bonds. The van der Waals surface area contributed by atoms with Gasteiger partial charge in [-0.05, 0) is 29.8 Å². The van der Waals surface area contributed by atoms with Crippen LogP contribution in [0.5, 0.6) is 11.5 Å². The summed E-state index contributed by atoms with van der Waals surface area (Å²) >= 11 is 5.85. The maximum atomic E-state index is 13.0. The van der Waals surface area contributed by atoms with Crippen molar-refractivity contribution >= 4 is 23.3 Å². The van der Waals surface area contributed by atoms with Gasteiger partial charge in [0.15, 0.2) is 11.5 Å². The number of ether oxygens (including phenoxy) is 2. The van der Waals surface area contributed by atoms with Crippen LogP contribution in [0.2, 0.25) is 5.02 Å². The van der Waals surface area contributed by atoms with Gasteiger partial charge in [0.1, 0.15) is 0 Å². The Balaban J connectivity index is 1.50. The molecule has 0 fully saturated rings. The molecule has 2 heterocycles. The van der Waals surface area contributed by atoms with Crippen LogP contribution in [-0.4, -0.2) is 22.1 Å². The Kier molecular flexibility index (Phi) is 3.77. The number of alkyl halides is 2. The van der Waals surface area contributed by atoms with Crippen LogP contribution < -0.4 is 14.8 Å². The summed E-state index contributed by atoms with van der Waals surface area (Å²) in [7, 11) is 0. The van der Waals surface area contributed by atoms with Crippen LogP contribution in [0.25, 0.3) is 11.1 Å². The summed E-state index contributed by atoms with van der Waals surface area (Å²) in [6.07, 6.45) is -0.636. The van der Waals surface area contributed by atoms with Crippen LogP contribution >= 0.6 is 11.6 Å². The molecule has 1 aliphatic heterocycles. The van der Waals surface area contributed by atoms with Crippen LogP contribution in [0.1, 0.15) is 0 Å². The van der Waals surface area contributed by atoms with E-state index in [4.69, 9.17) is 11.6 Å². The number of fused-ring (bicyclic) bond motifs is 1. The Morgan fingerprint density at radius 2 is 1.81 bits per heavy atom. The van der Waals surface area contributed by atoms with Crippen LogP contribution in [0.15, 0.2) is 54.9 Å². The van der Waals surface area contributed by atoms with Gasteiger partial charge in [-0.15, -0.1) is 8.78 Å². The van der Waals surface area contributed by atoms with Crippen molar-refractivity contribution < 1.29 is 23.0 Å². The van der Waals surface area contributed by atoms with Crippen molar-refractivity contribution in [3.05, 3.63) is 59.9 Å². The summed E-state index contributed by atoms with van der Waals surface area (Å²) in [6.45, 7) is 0. The van der Waals surface area contributed by atoms with Crippen molar-refractivity contribution in [3.63, 3.8) is 0 Å². The zero-order valence-electron chi connectivity index (χ0n) is 12.9. The molecule has 3 aromatic rings. The maximum Gasteiger partial charge on any atom is 0.586 e. The maximum absolute atomic E-state index is 13.0. The summed E-state index contributed by atoms with van der Waals surface area (Å²) in [6, 6.07) is 10.5. The Labute approximate surface area is 150 Å². The molecule has 0 bridgehead atoms. The first-order chi connectivity index (χ1) is 12.4. The number of rotatable bonds is 2. The number of aromatic nitrogens is 2. The molecule has 26 heavy (non-hydrogen) atoms. The average molecular weight is 378 g/mol. The molecule has 0 unspecified atom stereocenters. The minimum absolute atomic E-state index is 0.0999. The second-order valence-corrected chi connectivity index (χ2v) is 5.88. The fourth-order valence-electron chi connectivity index (χ4n) is 2.43. The molecule has 0 aliphatic carbocycles. The van der Waals surface area contributed by atoms with E-state index in [0.717, 1.165) is 15.8 Å². The van der Waals surface area contributed by atoms with E-state index in [0.29, 0.717) is 5.02 Å². The quantitative estimate of drug-likeness (QED) is 0.708. The summed E-state index contributed by atoms with van der Waals surface area (Å²) < 4.78 is 35.8. The van der Waals surface area contributed by atoms with Crippen molar-refractivity contribution in [2.24, 2.45) is 0 Å². The molecule has 0 radical (unpaired) electrons. The fraction of sp³-hybridized carbons (Fsp3) is 0.0588. The number of amides is 1. The van der Waals surface area contributed by atoms with Gasteiger partial charge in [-0.1, -0.05) is 23.7 Å². The molecule has 1 N–H and O–H groups in total. The highest BCUT2D eigenvalue weighted by molar-refractivity contribution is 6.30. The number of hydrogen-bond donors (Lipinski definition) is 1. The lowest BCUT2D eigenvalue weighted by Crippen LogP contribution is -2.25. The zero-order valence-corrected chi connectivity index (χ0v) is 13.7. The van der Waals surface area contributed by atoms with Gasteiger partial charge in [0.05, 0.1) is 6.20 Å². The smallest absolute Gasteiger partial charge is 0.395 e. The number of nitrogens with zero attached hydrogens (tertiary/aromatic N) is 2. The molecule has 132 valence electrons. The minimum Gasteiger partial charge on any atom is -0.395 e. The number of benzene rings is 2. The summed E-state index contributed by atoms with van der Waals surface area (Å²) in [5, 5.41) is 7.16. The molecule has 0 spiro atoms. The van der Waals surface area contributed by atoms with Gasteiger partial charge in [0, 0.05) is 28.5 Å². The van der Waals surface area contributed by atoms with E-state index in [1.54, 1.807) is 30.5 Å². The van der Waals surface area contributed by atoms with E-state index in [2.05, 4.69) is 19.9 Å². The topological polar surface area (TPSA) is 65.4 Å². The van der Waals surface area contributed by atoms with E-state index < -0.39 is 12.3 Å². The molecule has 4 rings (SSSR count). The number of anilines is 1. The molecular weight excluding hydrogens is 368 g/mol. The third-order valence-corrected chi connectivity index (χ3v) is 3.87. The normalized spacial score (nSPS) is 14.3. The molecule has 0 saturated carbocycles. The molecule has 0 atom stereocenters. The first-order valence-corrected chi connectivity index (χ1v) is 7.79. The lowest BCUT2D eigenvalue weighted by atomic mass is 10.1. The van der Waals surface area contributed by atoms with Crippen molar-refractivity contribution in [2.45, 2.75) is 6.29 Å². The Morgan fingerprint density at radius 3 is 2.58 bits per heavy atom. The zero-order chi connectivity index (χ0) is 18.3. The van der Waals surface area contributed by atoms with E-state index in [-0.39, 0.29) is 17.2 Å². The number of nitrogens with one attached hydrogen (secondary N) is 1. The van der Waals surface area contributed by atoms with Gasteiger partial charge in [0.2, 0.25) is 0 Å². The first kappa shape index (κ1) is 16.3. The summed E-state index contributed by atoms with van der Waals surface area (Å²) in [5.74, 6) is -0.257. The predicted octanol–water partition coefficient (Wildman–Crippen LogP) is 4.61. The SMILES string of the molecule is O=C(Nc1ccc2c(c1)OC(F)(F)O2)n1cc(-c2ccc(Cl)cc2)cn1. The predicted molar refractivity (Wildman–Crippen MR) is 89.7 cm³/mol. The fourth-order valence-corrected chi connectivity index (χ4v) is 2.56. The standard InChI is InChI=1S/C17H10ClF2N3O3/c18-12-3-1-10(2-4-12)11-8-21-23(9-11)16(24)22-13-5-6-14-15(7-13)26-17(19,20)25-14/h1-9H,(H,22,24). The second-order valence-electron chi connectivity index (χ2n) is 5.44.